The van der Waals surface area contributed by atoms with Crippen molar-refractivity contribution in [2.24, 2.45) is 0 Å². The highest BCUT2D eigenvalue weighted by Crippen LogP contribution is 2.37. The number of pyridine rings is 1. The summed E-state index contributed by atoms with van der Waals surface area (Å²) in [6.07, 6.45) is 2.45. The first-order chi connectivity index (χ1) is 14.1. The molecule has 0 bridgehead atoms. The maximum Gasteiger partial charge on any atom is 0.307 e. The van der Waals surface area contributed by atoms with E-state index in [0.29, 0.717) is 6.61 Å². The number of aliphatic carboxylic acids is 1. The zero-order valence-electron chi connectivity index (χ0n) is 18.5. The van der Waals surface area contributed by atoms with Gasteiger partial charge >= 0.3 is 5.97 Å². The van der Waals surface area contributed by atoms with Gasteiger partial charge in [0.15, 0.2) is 8.32 Å². The normalized spacial score (nSPS) is 12.3. The number of carboxylic acids is 1. The largest absolute Gasteiger partial charge is 0.481 e. The lowest BCUT2D eigenvalue weighted by Crippen LogP contribution is -2.41. The Morgan fingerprint density at radius 1 is 1.03 bits per heavy atom. The number of fused-ring (bicyclic) bond motifs is 1. The number of para-hydroxylation sites is 1. The standard InChI is InChI=1S/C25H31NO3Si/c1-25(2,3)30(4,5)29-15-14-19-12-9-13-21-23(18-10-7-6-8-11-18)20(16-22(27)28)17-26-24(19)21/h6-13,17H,14-16H2,1-5H3,(H,27,28). The molecule has 30 heavy (non-hydrogen) atoms. The Balaban J connectivity index is 2.00. The van der Waals surface area contributed by atoms with E-state index >= 15 is 0 Å². The number of hydrogen-bond donors (Lipinski definition) is 1. The molecule has 0 saturated carbocycles. The van der Waals surface area contributed by atoms with Crippen LogP contribution in [0.2, 0.25) is 18.1 Å². The topological polar surface area (TPSA) is 59.4 Å². The summed E-state index contributed by atoms with van der Waals surface area (Å²) in [4.78, 5) is 16.1. The molecule has 0 fully saturated rings. The number of rotatable bonds is 7. The summed E-state index contributed by atoms with van der Waals surface area (Å²) in [7, 11) is -1.80. The van der Waals surface area contributed by atoms with Crippen LogP contribution in [0.25, 0.3) is 22.0 Å². The van der Waals surface area contributed by atoms with E-state index in [2.05, 4.69) is 44.9 Å². The molecule has 0 spiro atoms. The molecule has 158 valence electrons. The van der Waals surface area contributed by atoms with Crippen LogP contribution >= 0.6 is 0 Å². The number of aromatic nitrogens is 1. The lowest BCUT2D eigenvalue weighted by atomic mass is 9.93. The van der Waals surface area contributed by atoms with Crippen molar-refractivity contribution in [1.82, 2.24) is 4.98 Å². The zero-order valence-corrected chi connectivity index (χ0v) is 19.5. The fraction of sp³-hybridized carbons (Fsp3) is 0.360. The van der Waals surface area contributed by atoms with Crippen LogP contribution < -0.4 is 0 Å². The predicted molar refractivity (Wildman–Crippen MR) is 125 cm³/mol. The van der Waals surface area contributed by atoms with Crippen LogP contribution in [-0.4, -0.2) is 31.0 Å². The van der Waals surface area contributed by atoms with Gasteiger partial charge in [-0.1, -0.05) is 69.3 Å². The molecule has 3 aromatic rings. The SMILES string of the molecule is CC(C)(C)[Si](C)(C)OCCc1cccc2c(-c3ccccc3)c(CC(=O)O)cnc12. The lowest BCUT2D eigenvalue weighted by molar-refractivity contribution is -0.136. The zero-order chi connectivity index (χ0) is 21.9. The summed E-state index contributed by atoms with van der Waals surface area (Å²) in [6, 6.07) is 16.1. The van der Waals surface area contributed by atoms with E-state index in [0.717, 1.165) is 39.6 Å². The third-order valence-electron chi connectivity index (χ3n) is 6.10. The van der Waals surface area contributed by atoms with Gasteiger partial charge in [0.05, 0.1) is 11.9 Å². The summed E-state index contributed by atoms with van der Waals surface area (Å²) in [5, 5.41) is 10.5. The van der Waals surface area contributed by atoms with Crippen molar-refractivity contribution < 1.29 is 14.3 Å². The van der Waals surface area contributed by atoms with Crippen molar-refractivity contribution in [3.05, 3.63) is 65.9 Å². The molecule has 0 unspecified atom stereocenters. The van der Waals surface area contributed by atoms with Gasteiger partial charge in [-0.2, -0.15) is 0 Å². The van der Waals surface area contributed by atoms with Crippen molar-refractivity contribution in [3.8, 4) is 11.1 Å². The van der Waals surface area contributed by atoms with Gasteiger partial charge < -0.3 is 9.53 Å². The first kappa shape index (κ1) is 22.2. The predicted octanol–water partition coefficient (Wildman–Crippen LogP) is 6.09. The van der Waals surface area contributed by atoms with Crippen LogP contribution in [0.15, 0.2) is 54.7 Å². The molecule has 0 amide bonds. The maximum atomic E-state index is 11.4. The molecule has 0 aliphatic heterocycles. The molecule has 1 aromatic heterocycles. The third-order valence-corrected chi connectivity index (χ3v) is 10.6. The molecule has 1 heterocycles. The van der Waals surface area contributed by atoms with Crippen LogP contribution in [0, 0.1) is 0 Å². The average molecular weight is 422 g/mol. The van der Waals surface area contributed by atoms with E-state index in [1.807, 2.05) is 42.5 Å². The molecular formula is C25H31NO3Si. The van der Waals surface area contributed by atoms with Crippen LogP contribution in [0.3, 0.4) is 0 Å². The average Bonchev–Trinajstić information content (AvgIpc) is 2.67. The minimum absolute atomic E-state index is 0.0497. The fourth-order valence-corrected chi connectivity index (χ4v) is 4.45. The third kappa shape index (κ3) is 4.79. The van der Waals surface area contributed by atoms with Gasteiger partial charge in [-0.3, -0.25) is 9.78 Å². The Morgan fingerprint density at radius 3 is 2.37 bits per heavy atom. The van der Waals surface area contributed by atoms with Crippen LogP contribution in [0.1, 0.15) is 31.9 Å². The van der Waals surface area contributed by atoms with Gasteiger partial charge in [0, 0.05) is 18.2 Å². The number of nitrogens with zero attached hydrogens (tertiary/aromatic N) is 1. The van der Waals surface area contributed by atoms with Crippen molar-refractivity contribution in [3.63, 3.8) is 0 Å². The minimum Gasteiger partial charge on any atom is -0.481 e. The number of benzene rings is 2. The van der Waals surface area contributed by atoms with E-state index < -0.39 is 14.3 Å². The summed E-state index contributed by atoms with van der Waals surface area (Å²) >= 11 is 0. The van der Waals surface area contributed by atoms with E-state index in [1.165, 1.54) is 0 Å². The van der Waals surface area contributed by atoms with E-state index in [-0.39, 0.29) is 11.5 Å². The second-order valence-electron chi connectivity index (χ2n) is 9.27. The quantitative estimate of drug-likeness (QED) is 0.469. The molecule has 3 rings (SSSR count). The molecule has 0 atom stereocenters. The van der Waals surface area contributed by atoms with Crippen LogP contribution in [-0.2, 0) is 22.1 Å². The molecule has 2 aromatic carbocycles. The molecule has 0 radical (unpaired) electrons. The maximum absolute atomic E-state index is 11.4. The van der Waals surface area contributed by atoms with E-state index in [1.54, 1.807) is 6.20 Å². The van der Waals surface area contributed by atoms with Gasteiger partial charge in [-0.25, -0.2) is 0 Å². The monoisotopic (exact) mass is 421 g/mol. The van der Waals surface area contributed by atoms with E-state index in [9.17, 15) is 9.90 Å². The minimum atomic E-state index is -1.80. The van der Waals surface area contributed by atoms with Gasteiger partial charge in [-0.15, -0.1) is 0 Å². The van der Waals surface area contributed by atoms with Crippen LogP contribution in [0.4, 0.5) is 0 Å². The molecule has 1 N–H and O–H groups in total. The fourth-order valence-electron chi connectivity index (χ4n) is 3.40. The number of hydrogen-bond acceptors (Lipinski definition) is 3. The summed E-state index contributed by atoms with van der Waals surface area (Å²) in [6.45, 7) is 11.9. The summed E-state index contributed by atoms with van der Waals surface area (Å²) in [5.74, 6) is -0.854. The Bertz CT molecular complexity index is 1040. The molecular weight excluding hydrogens is 390 g/mol. The second-order valence-corrected chi connectivity index (χ2v) is 14.1. The van der Waals surface area contributed by atoms with Crippen LogP contribution in [0.5, 0.6) is 0 Å². The Kier molecular flexibility index (Phi) is 6.43. The van der Waals surface area contributed by atoms with Crippen molar-refractivity contribution in [1.29, 1.82) is 0 Å². The molecule has 4 nitrogen and oxygen atoms in total. The Labute approximate surface area is 180 Å². The van der Waals surface area contributed by atoms with Gasteiger partial charge in [0.1, 0.15) is 0 Å². The highest BCUT2D eigenvalue weighted by Gasteiger charge is 2.36. The van der Waals surface area contributed by atoms with Gasteiger partial charge in [-0.05, 0) is 46.8 Å². The van der Waals surface area contributed by atoms with Crippen molar-refractivity contribution in [2.75, 3.05) is 6.61 Å². The van der Waals surface area contributed by atoms with Crippen molar-refractivity contribution >= 4 is 25.2 Å². The van der Waals surface area contributed by atoms with E-state index in [4.69, 9.17) is 4.43 Å². The van der Waals surface area contributed by atoms with Crippen molar-refractivity contribution in [2.45, 2.75) is 51.7 Å². The van der Waals surface area contributed by atoms with Gasteiger partial charge in [0.2, 0.25) is 0 Å². The molecule has 0 aliphatic rings. The Hall–Kier alpha value is -2.50. The summed E-state index contributed by atoms with van der Waals surface area (Å²) in [5.41, 5.74) is 4.75. The van der Waals surface area contributed by atoms with Gasteiger partial charge in [0.25, 0.3) is 0 Å². The Morgan fingerprint density at radius 2 is 1.73 bits per heavy atom. The number of carboxylic acid groups (broad SMARTS) is 1. The first-order valence-electron chi connectivity index (χ1n) is 10.4. The first-order valence-corrected chi connectivity index (χ1v) is 13.3. The highest BCUT2D eigenvalue weighted by atomic mass is 28.4. The molecule has 5 heteroatoms. The highest BCUT2D eigenvalue weighted by molar-refractivity contribution is 6.74. The lowest BCUT2D eigenvalue weighted by Gasteiger charge is -2.36. The number of carbonyl (C=O) groups is 1. The second kappa shape index (κ2) is 8.70. The molecule has 0 saturated heterocycles. The smallest absolute Gasteiger partial charge is 0.307 e. The molecule has 0 aliphatic carbocycles. The summed E-state index contributed by atoms with van der Waals surface area (Å²) < 4.78 is 6.37.